The molecule has 0 aliphatic carbocycles. The van der Waals surface area contributed by atoms with Crippen LogP contribution in [0.15, 0.2) is 36.4 Å². The standard InChI is InChI=1S/C17H19IN2O/c1-11-4-5-12(2)16(8-11)19-10-17(21)20-15-7-6-14(18)9-13(15)3/h4-9,19H,10H2,1-3H3,(H,20,21). The average molecular weight is 394 g/mol. The number of halogens is 1. The molecule has 0 aliphatic rings. The summed E-state index contributed by atoms with van der Waals surface area (Å²) in [5.41, 5.74) is 5.26. The Balaban J connectivity index is 1.97. The lowest BCUT2D eigenvalue weighted by molar-refractivity contribution is -0.114. The van der Waals surface area contributed by atoms with E-state index in [0.29, 0.717) is 0 Å². The van der Waals surface area contributed by atoms with Crippen molar-refractivity contribution in [2.24, 2.45) is 0 Å². The van der Waals surface area contributed by atoms with Gasteiger partial charge < -0.3 is 10.6 Å². The van der Waals surface area contributed by atoms with Gasteiger partial charge in [0.25, 0.3) is 0 Å². The van der Waals surface area contributed by atoms with Gasteiger partial charge in [-0.1, -0.05) is 12.1 Å². The van der Waals surface area contributed by atoms with Crippen LogP contribution in [0.25, 0.3) is 0 Å². The second kappa shape index (κ2) is 6.93. The molecule has 0 aliphatic heterocycles. The highest BCUT2D eigenvalue weighted by Gasteiger charge is 2.06. The monoisotopic (exact) mass is 394 g/mol. The molecule has 2 rings (SSSR count). The number of benzene rings is 2. The first-order valence-electron chi connectivity index (χ1n) is 6.83. The largest absolute Gasteiger partial charge is 0.376 e. The normalized spacial score (nSPS) is 10.3. The minimum Gasteiger partial charge on any atom is -0.376 e. The molecule has 0 aromatic heterocycles. The first-order chi connectivity index (χ1) is 9.95. The van der Waals surface area contributed by atoms with Crippen molar-refractivity contribution in [3.63, 3.8) is 0 Å². The van der Waals surface area contributed by atoms with Crippen LogP contribution in [0.4, 0.5) is 11.4 Å². The second-order valence-corrected chi connectivity index (χ2v) is 6.42. The molecule has 21 heavy (non-hydrogen) atoms. The number of aryl methyl sites for hydroxylation is 3. The van der Waals surface area contributed by atoms with E-state index in [4.69, 9.17) is 0 Å². The van der Waals surface area contributed by atoms with Crippen molar-refractivity contribution in [3.05, 3.63) is 56.7 Å². The Morgan fingerprint density at radius 1 is 1.00 bits per heavy atom. The summed E-state index contributed by atoms with van der Waals surface area (Å²) in [4.78, 5) is 12.0. The van der Waals surface area contributed by atoms with Gasteiger partial charge in [0.05, 0.1) is 6.54 Å². The van der Waals surface area contributed by atoms with Crippen LogP contribution in [0.2, 0.25) is 0 Å². The van der Waals surface area contributed by atoms with E-state index >= 15 is 0 Å². The van der Waals surface area contributed by atoms with Gasteiger partial charge in [0.15, 0.2) is 0 Å². The third kappa shape index (κ3) is 4.46. The minimum atomic E-state index is -0.0415. The van der Waals surface area contributed by atoms with Crippen molar-refractivity contribution in [1.82, 2.24) is 0 Å². The molecular formula is C17H19IN2O. The van der Waals surface area contributed by atoms with E-state index in [1.54, 1.807) is 0 Å². The van der Waals surface area contributed by atoms with Crippen LogP contribution in [-0.2, 0) is 4.79 Å². The zero-order valence-corrected chi connectivity index (χ0v) is 14.6. The lowest BCUT2D eigenvalue weighted by atomic mass is 10.1. The van der Waals surface area contributed by atoms with E-state index < -0.39 is 0 Å². The number of hydrogen-bond acceptors (Lipinski definition) is 2. The number of anilines is 2. The maximum atomic E-state index is 12.0. The van der Waals surface area contributed by atoms with Crippen LogP contribution in [0, 0.1) is 24.3 Å². The molecule has 2 aromatic rings. The molecule has 0 saturated heterocycles. The minimum absolute atomic E-state index is 0.0415. The van der Waals surface area contributed by atoms with E-state index in [1.807, 2.05) is 39.0 Å². The zero-order valence-electron chi connectivity index (χ0n) is 12.5. The fraction of sp³-hybridized carbons (Fsp3) is 0.235. The quantitative estimate of drug-likeness (QED) is 0.761. The third-order valence-corrected chi connectivity index (χ3v) is 3.97. The van der Waals surface area contributed by atoms with Crippen LogP contribution in [0.1, 0.15) is 16.7 Å². The summed E-state index contributed by atoms with van der Waals surface area (Å²) in [7, 11) is 0. The molecule has 110 valence electrons. The Bertz CT molecular complexity index is 668. The molecule has 0 fully saturated rings. The van der Waals surface area contributed by atoms with Crippen molar-refractivity contribution in [1.29, 1.82) is 0 Å². The first kappa shape index (κ1) is 15.8. The van der Waals surface area contributed by atoms with Gasteiger partial charge in [-0.25, -0.2) is 0 Å². The summed E-state index contributed by atoms with van der Waals surface area (Å²) >= 11 is 2.26. The Kier molecular flexibility index (Phi) is 5.22. The summed E-state index contributed by atoms with van der Waals surface area (Å²) in [6, 6.07) is 12.1. The smallest absolute Gasteiger partial charge is 0.243 e. The summed E-state index contributed by atoms with van der Waals surface area (Å²) in [6.45, 7) is 6.33. The van der Waals surface area contributed by atoms with Crippen molar-refractivity contribution >= 4 is 39.9 Å². The Labute approximate surface area is 139 Å². The summed E-state index contributed by atoms with van der Waals surface area (Å²) < 4.78 is 1.16. The molecule has 2 aromatic carbocycles. The van der Waals surface area contributed by atoms with Crippen LogP contribution < -0.4 is 10.6 Å². The number of hydrogen-bond donors (Lipinski definition) is 2. The van der Waals surface area contributed by atoms with Gasteiger partial charge >= 0.3 is 0 Å². The van der Waals surface area contributed by atoms with E-state index in [2.05, 4.69) is 51.4 Å². The third-order valence-electron chi connectivity index (χ3n) is 3.30. The Morgan fingerprint density at radius 3 is 2.48 bits per heavy atom. The molecule has 0 radical (unpaired) electrons. The average Bonchev–Trinajstić information content (AvgIpc) is 2.43. The van der Waals surface area contributed by atoms with E-state index in [1.165, 1.54) is 5.56 Å². The predicted octanol–water partition coefficient (Wildman–Crippen LogP) is 4.27. The predicted molar refractivity (Wildman–Crippen MR) is 96.9 cm³/mol. The Hall–Kier alpha value is -1.56. The highest BCUT2D eigenvalue weighted by atomic mass is 127. The molecule has 4 heteroatoms. The van der Waals surface area contributed by atoms with Gasteiger partial charge in [-0.05, 0) is 84.3 Å². The molecule has 1 amide bonds. The number of nitrogens with one attached hydrogen (secondary N) is 2. The highest BCUT2D eigenvalue weighted by Crippen LogP contribution is 2.18. The molecule has 0 bridgehead atoms. The van der Waals surface area contributed by atoms with Crippen LogP contribution in [0.3, 0.4) is 0 Å². The maximum Gasteiger partial charge on any atom is 0.243 e. The second-order valence-electron chi connectivity index (χ2n) is 5.18. The molecule has 0 heterocycles. The van der Waals surface area contributed by atoms with Crippen molar-refractivity contribution < 1.29 is 4.79 Å². The molecule has 0 spiro atoms. The number of amides is 1. The van der Waals surface area contributed by atoms with Crippen molar-refractivity contribution in [3.8, 4) is 0 Å². The molecule has 0 unspecified atom stereocenters. The fourth-order valence-corrected chi connectivity index (χ4v) is 2.71. The molecule has 3 nitrogen and oxygen atoms in total. The molecular weight excluding hydrogens is 375 g/mol. The van der Waals surface area contributed by atoms with Gasteiger partial charge in [0, 0.05) is 14.9 Å². The molecule has 2 N–H and O–H groups in total. The summed E-state index contributed by atoms with van der Waals surface area (Å²) in [6.07, 6.45) is 0. The lowest BCUT2D eigenvalue weighted by Gasteiger charge is -2.12. The Morgan fingerprint density at radius 2 is 1.76 bits per heavy atom. The number of carbonyl (C=O) groups excluding carboxylic acids is 1. The lowest BCUT2D eigenvalue weighted by Crippen LogP contribution is -2.22. The van der Waals surface area contributed by atoms with E-state index in [0.717, 1.165) is 26.1 Å². The van der Waals surface area contributed by atoms with Gasteiger partial charge in [0.2, 0.25) is 5.91 Å². The van der Waals surface area contributed by atoms with Crippen LogP contribution in [0.5, 0.6) is 0 Å². The maximum absolute atomic E-state index is 12.0. The van der Waals surface area contributed by atoms with Gasteiger partial charge in [-0.3, -0.25) is 4.79 Å². The molecule has 0 atom stereocenters. The highest BCUT2D eigenvalue weighted by molar-refractivity contribution is 14.1. The summed E-state index contributed by atoms with van der Waals surface area (Å²) in [5, 5.41) is 6.13. The number of rotatable bonds is 4. The fourth-order valence-electron chi connectivity index (χ4n) is 2.06. The summed E-state index contributed by atoms with van der Waals surface area (Å²) in [5.74, 6) is -0.0415. The SMILES string of the molecule is Cc1ccc(C)c(NCC(=O)Nc2ccc(I)cc2C)c1. The van der Waals surface area contributed by atoms with Gasteiger partial charge in [0.1, 0.15) is 0 Å². The van der Waals surface area contributed by atoms with Crippen molar-refractivity contribution in [2.75, 3.05) is 17.2 Å². The van der Waals surface area contributed by atoms with Gasteiger partial charge in [-0.15, -0.1) is 0 Å². The van der Waals surface area contributed by atoms with Crippen LogP contribution >= 0.6 is 22.6 Å². The zero-order chi connectivity index (χ0) is 15.4. The number of carbonyl (C=O) groups is 1. The topological polar surface area (TPSA) is 41.1 Å². The van der Waals surface area contributed by atoms with Crippen LogP contribution in [-0.4, -0.2) is 12.5 Å². The van der Waals surface area contributed by atoms with Crippen molar-refractivity contribution in [2.45, 2.75) is 20.8 Å². The van der Waals surface area contributed by atoms with E-state index in [9.17, 15) is 4.79 Å². The van der Waals surface area contributed by atoms with E-state index in [-0.39, 0.29) is 12.5 Å². The van der Waals surface area contributed by atoms with Gasteiger partial charge in [-0.2, -0.15) is 0 Å². The first-order valence-corrected chi connectivity index (χ1v) is 7.91. The molecule has 0 saturated carbocycles.